The molecule has 0 unspecified atom stereocenters. The minimum Gasteiger partial charge on any atom is -0.480 e. The quantitative estimate of drug-likeness (QED) is 0.0231. The molecule has 0 aliphatic carbocycles. The summed E-state index contributed by atoms with van der Waals surface area (Å²) < 4.78 is 0. The molecular weight excluding hydrogens is 1390 g/mol. The van der Waals surface area contributed by atoms with Crippen molar-refractivity contribution in [1.29, 1.82) is 0 Å². The Labute approximate surface area is 617 Å². The highest BCUT2D eigenvalue weighted by Crippen LogP contribution is 2.29. The Morgan fingerprint density at radius 1 is 0.538 bits per heavy atom. The predicted octanol–water partition coefficient (Wildman–Crippen LogP) is -0.900. The molecule has 7 heterocycles. The molecule has 4 fully saturated rings. The number of aliphatic hydroxyl groups excluding tert-OH is 1. The van der Waals surface area contributed by atoms with Gasteiger partial charge in [0, 0.05) is 99.2 Å². The zero-order valence-electron chi connectivity index (χ0n) is 60.0. The van der Waals surface area contributed by atoms with Gasteiger partial charge in [-0.3, -0.25) is 57.5 Å². The van der Waals surface area contributed by atoms with E-state index in [1.807, 2.05) is 38.1 Å². The second kappa shape index (κ2) is 37.7. The minimum atomic E-state index is -1.59. The fourth-order valence-electron chi connectivity index (χ4n) is 14.3. The molecule has 3 aromatic heterocycles. The summed E-state index contributed by atoms with van der Waals surface area (Å²) in [5.74, 6) is -9.86. The van der Waals surface area contributed by atoms with Gasteiger partial charge in [-0.05, 0) is 113 Å². The Bertz CT molecular complexity index is 3910. The number of benzene rings is 2. The number of carboxylic acid groups (broad SMARTS) is 1. The van der Waals surface area contributed by atoms with Gasteiger partial charge in [0.05, 0.1) is 18.8 Å². The summed E-state index contributed by atoms with van der Waals surface area (Å²) in [5, 5.41) is 40.2. The van der Waals surface area contributed by atoms with Gasteiger partial charge in [0.1, 0.15) is 72.5 Å². The summed E-state index contributed by atoms with van der Waals surface area (Å²) in [6, 6.07) is 0.915. The van der Waals surface area contributed by atoms with Gasteiger partial charge in [-0.25, -0.2) is 14.8 Å². The molecule has 9 rings (SSSR count). The van der Waals surface area contributed by atoms with Crippen molar-refractivity contribution in [1.82, 2.24) is 81.7 Å². The number of para-hydroxylation sites is 1. The number of primary amides is 1. The molecule has 12 amide bonds. The first-order chi connectivity index (χ1) is 50.8. The fraction of sp³-hybridized carbons (Fsp3) is 0.542. The number of hydrogen-bond donors (Lipinski definition) is 14. The third kappa shape index (κ3) is 20.8. The number of amides is 12. The van der Waals surface area contributed by atoms with Gasteiger partial charge in [-0.1, -0.05) is 62.4 Å². The van der Waals surface area contributed by atoms with Gasteiger partial charge < -0.3 is 93.4 Å². The molecule has 4 aliphatic rings. The van der Waals surface area contributed by atoms with E-state index in [2.05, 4.69) is 62.1 Å². The summed E-state index contributed by atoms with van der Waals surface area (Å²) in [5.41, 5.74) is 14.5. The number of hydrogen-bond acceptors (Lipinski definition) is 18. The van der Waals surface area contributed by atoms with Gasteiger partial charge in [0.25, 0.3) is 0 Å². The average Bonchev–Trinajstić information content (AvgIpc) is 1.62. The first kappa shape index (κ1) is 79.9. The van der Waals surface area contributed by atoms with Gasteiger partial charge in [0.2, 0.25) is 70.9 Å². The number of rotatable bonds is 36. The molecule has 2 aromatic carbocycles. The lowest BCUT2D eigenvalue weighted by molar-refractivity contribution is -0.152. The number of carboxylic acids is 1. The molecule has 106 heavy (non-hydrogen) atoms. The molecule has 13 atom stereocenters. The van der Waals surface area contributed by atoms with Crippen LogP contribution in [-0.4, -0.2) is 248 Å². The van der Waals surface area contributed by atoms with Gasteiger partial charge in [0.15, 0.2) is 0 Å². The highest BCUT2D eigenvalue weighted by molar-refractivity contribution is 7.98. The van der Waals surface area contributed by atoms with Gasteiger partial charge in [-0.2, -0.15) is 11.8 Å². The molecule has 33 nitrogen and oxygen atoms in total. The van der Waals surface area contributed by atoms with Crippen LogP contribution in [0, 0.1) is 5.92 Å². The van der Waals surface area contributed by atoms with Crippen molar-refractivity contribution in [3.05, 3.63) is 108 Å². The molecule has 0 bridgehead atoms. The van der Waals surface area contributed by atoms with E-state index in [0.717, 1.165) is 10.9 Å². The van der Waals surface area contributed by atoms with E-state index in [-0.39, 0.29) is 108 Å². The number of nitrogens with one attached hydrogen (secondary N) is 10. The molecule has 16 N–H and O–H groups in total. The first-order valence-corrected chi connectivity index (χ1v) is 37.5. The van der Waals surface area contributed by atoms with Crippen molar-refractivity contribution >= 4 is 99.5 Å². The largest absolute Gasteiger partial charge is 0.480 e. The number of nitrogens with zero attached hydrogens (tertiary/aromatic N) is 6. The Balaban J connectivity index is 0.903. The summed E-state index contributed by atoms with van der Waals surface area (Å²) >= 11 is 1.34. The van der Waals surface area contributed by atoms with Crippen LogP contribution < -0.4 is 48.7 Å². The van der Waals surface area contributed by atoms with Crippen LogP contribution in [0.25, 0.3) is 10.9 Å². The maximum atomic E-state index is 15.2. The smallest absolute Gasteiger partial charge is 0.326 e. The molecular formula is C72H98N18O15S. The lowest BCUT2D eigenvalue weighted by Crippen LogP contribution is -2.61. The number of fused-ring (bicyclic) bond motifs is 1. The number of nitrogens with two attached hydrogens (primary N) is 2. The van der Waals surface area contributed by atoms with E-state index >= 15 is 9.59 Å². The van der Waals surface area contributed by atoms with E-state index in [4.69, 9.17) is 11.5 Å². The third-order valence-electron chi connectivity index (χ3n) is 19.9. The molecule has 4 aliphatic heterocycles. The zero-order valence-corrected chi connectivity index (χ0v) is 60.8. The number of thioether (sulfide) groups is 1. The maximum Gasteiger partial charge on any atom is 0.326 e. The van der Waals surface area contributed by atoms with Crippen molar-refractivity contribution in [2.24, 2.45) is 17.4 Å². The predicted molar refractivity (Wildman–Crippen MR) is 387 cm³/mol. The number of imidazole rings is 2. The van der Waals surface area contributed by atoms with Crippen LogP contribution >= 0.6 is 11.8 Å². The van der Waals surface area contributed by atoms with E-state index in [1.54, 1.807) is 42.8 Å². The monoisotopic (exact) mass is 1490 g/mol. The Morgan fingerprint density at radius 2 is 1.00 bits per heavy atom. The highest BCUT2D eigenvalue weighted by atomic mass is 32.2. The number of likely N-dealkylation sites (tertiary alicyclic amines) is 4. The van der Waals surface area contributed by atoms with Crippen molar-refractivity contribution in [3.63, 3.8) is 0 Å². The van der Waals surface area contributed by atoms with Crippen LogP contribution in [0.5, 0.6) is 0 Å². The normalized spacial score (nSPS) is 19.8. The number of carbonyl (C=O) groups excluding carboxylic acids is 12. The highest BCUT2D eigenvalue weighted by Gasteiger charge is 2.47. The SMILES string of the molecule is CSCC[C@H](NC(=O)[C@H](CCC(N)=O)NC(=O)[C@H](Cc1cnc[nH]1)NC(=O)[C@@H]1CCCN1C(=O)[C@H](CC(C)C)NC(=O)[C@H](Cc1ccccc1)NC(=O)[C@@H](N)[C@@H](C)O)C(=O)N[C@@H](Cc1cnc[nH]1)C(=O)N1CCC[C@H]1C(=O)N[C@@H](Cc1c[nH]c2ccccc12)C(=O)N1CCC[C@H]1C(=O)N1CCC[C@H]1C(=O)O. The van der Waals surface area contributed by atoms with Crippen LogP contribution in [0.1, 0.15) is 120 Å². The maximum absolute atomic E-state index is 15.2. The topological polar surface area (TPSA) is 485 Å². The Morgan fingerprint density at radius 3 is 1.55 bits per heavy atom. The van der Waals surface area contributed by atoms with Crippen molar-refractivity contribution in [2.45, 2.75) is 202 Å². The summed E-state index contributed by atoms with van der Waals surface area (Å²) in [4.78, 5) is 208. The Kier molecular flexibility index (Phi) is 28.4. The standard InChI is InChI=1S/C72H98N18O15S/c1-40(2)30-52(84-63(95)50(31-42-14-6-5-7-15-42)83-67(99)60(74)41(3)91)68(100)87-25-10-18-55(87)65(97)82-51(33-44-36-75-38-78-44)64(96)80-48(22-23-59(73)92)61(93)81-49(24-29-106-4)62(94)85-54(34-45-37-76-39-79-45)70(102)88-26-11-19-56(88)66(98)86-53(32-43-35-77-47-17-9-8-16-46(43)47)69(101)89-27-12-20-57(89)71(103)90-28-13-21-58(90)72(104)105/h5-9,14-17,35-41,48-58,60,77,91H,10-13,18-34,74H2,1-4H3,(H2,73,92)(H,75,78)(H,76,79)(H,80,96)(H,81,93)(H,82,97)(H,83,99)(H,84,95)(H,85,94)(H,86,98)(H,104,105)/t41-,48+,49+,50+,51+,52+,53+,54+,55+,56+,57+,58+,60+/m1/s1. The lowest BCUT2D eigenvalue weighted by Gasteiger charge is -2.33. The van der Waals surface area contributed by atoms with E-state index < -0.39 is 162 Å². The number of aromatic amines is 3. The minimum absolute atomic E-state index is 0.000309. The summed E-state index contributed by atoms with van der Waals surface area (Å²) in [6.45, 7) is 5.55. The van der Waals surface area contributed by atoms with Crippen LogP contribution in [-0.2, 0) is 88.0 Å². The molecule has 0 saturated carbocycles. The van der Waals surface area contributed by atoms with Crippen LogP contribution in [0.4, 0.5) is 0 Å². The Hall–Kier alpha value is -10.2. The molecule has 572 valence electrons. The summed E-state index contributed by atoms with van der Waals surface area (Å²) in [7, 11) is 0. The molecule has 0 spiro atoms. The molecule has 4 saturated heterocycles. The number of carbonyl (C=O) groups is 13. The summed E-state index contributed by atoms with van der Waals surface area (Å²) in [6.07, 6.45) is 9.20. The van der Waals surface area contributed by atoms with Crippen molar-refractivity contribution < 1.29 is 72.5 Å². The number of H-pyrrole nitrogens is 3. The fourth-order valence-corrected chi connectivity index (χ4v) is 14.7. The third-order valence-corrected chi connectivity index (χ3v) is 20.5. The zero-order chi connectivity index (χ0) is 76.3. The molecule has 34 heteroatoms. The second-order valence-corrected chi connectivity index (χ2v) is 29.0. The van der Waals surface area contributed by atoms with E-state index in [0.29, 0.717) is 48.2 Å². The number of aliphatic hydroxyl groups is 1. The van der Waals surface area contributed by atoms with Crippen molar-refractivity contribution in [3.8, 4) is 0 Å². The number of aromatic nitrogens is 5. The van der Waals surface area contributed by atoms with Gasteiger partial charge >= 0.3 is 5.97 Å². The van der Waals surface area contributed by atoms with Crippen LogP contribution in [0.2, 0.25) is 0 Å². The molecule has 0 radical (unpaired) electrons. The number of aliphatic carboxylic acids is 1. The van der Waals surface area contributed by atoms with Gasteiger partial charge in [-0.15, -0.1) is 0 Å². The van der Waals surface area contributed by atoms with E-state index in [1.165, 1.54) is 63.3 Å². The first-order valence-electron chi connectivity index (χ1n) is 36.1. The lowest BCUT2D eigenvalue weighted by atomic mass is 10.00. The van der Waals surface area contributed by atoms with Crippen LogP contribution in [0.15, 0.2) is 85.8 Å². The van der Waals surface area contributed by atoms with E-state index in [9.17, 15) is 63.0 Å². The molecule has 5 aromatic rings. The van der Waals surface area contributed by atoms with Crippen LogP contribution in [0.3, 0.4) is 0 Å². The van der Waals surface area contributed by atoms with Crippen molar-refractivity contribution in [2.75, 3.05) is 38.2 Å². The second-order valence-electron chi connectivity index (χ2n) is 28.0. The average molecular weight is 1490 g/mol.